The van der Waals surface area contributed by atoms with Crippen LogP contribution in [-0.4, -0.2) is 20.7 Å². The molecule has 0 atom stereocenters. The predicted octanol–water partition coefficient (Wildman–Crippen LogP) is 4.42. The van der Waals surface area contributed by atoms with Crippen molar-refractivity contribution in [1.82, 2.24) is 14.8 Å². The monoisotopic (exact) mass is 362 g/mol. The van der Waals surface area contributed by atoms with Crippen LogP contribution in [0.25, 0.3) is 21.5 Å². The van der Waals surface area contributed by atoms with E-state index in [2.05, 4.69) is 26.8 Å². The van der Waals surface area contributed by atoms with Crippen LogP contribution >= 0.6 is 11.3 Å². The van der Waals surface area contributed by atoms with Crippen molar-refractivity contribution in [2.24, 2.45) is 0 Å². The van der Waals surface area contributed by atoms with Crippen molar-refractivity contribution in [3.05, 3.63) is 65.3 Å². The first-order valence-electron chi connectivity index (χ1n) is 8.34. The summed E-state index contributed by atoms with van der Waals surface area (Å²) in [7, 11) is 0. The van der Waals surface area contributed by atoms with E-state index in [0.717, 1.165) is 33.5 Å². The van der Waals surface area contributed by atoms with Gasteiger partial charge in [-0.3, -0.25) is 4.79 Å². The van der Waals surface area contributed by atoms with Crippen LogP contribution < -0.4 is 5.32 Å². The van der Waals surface area contributed by atoms with Gasteiger partial charge in [-0.1, -0.05) is 18.2 Å². The number of anilines is 1. The Bertz CT molecular complexity index is 1080. The molecule has 0 aliphatic rings. The van der Waals surface area contributed by atoms with Crippen molar-refractivity contribution < 1.29 is 4.79 Å². The smallest absolute Gasteiger partial charge is 0.246 e. The second-order valence-corrected chi connectivity index (χ2v) is 7.14. The number of carbonyl (C=O) groups is 1. The molecular weight excluding hydrogens is 344 g/mol. The molecule has 1 amide bonds. The van der Waals surface area contributed by atoms with E-state index < -0.39 is 0 Å². The third-order valence-corrected chi connectivity index (χ3v) is 5.09. The van der Waals surface area contributed by atoms with E-state index in [9.17, 15) is 4.79 Å². The fraction of sp³-hybridized carbons (Fsp3) is 0.150. The minimum atomic E-state index is -0.122. The highest BCUT2D eigenvalue weighted by atomic mass is 32.1. The summed E-state index contributed by atoms with van der Waals surface area (Å²) in [6.45, 7) is 4.07. The molecule has 5 nitrogen and oxygen atoms in total. The van der Waals surface area contributed by atoms with Gasteiger partial charge >= 0.3 is 0 Å². The zero-order valence-electron chi connectivity index (χ0n) is 14.6. The Morgan fingerprint density at radius 1 is 1.19 bits per heavy atom. The van der Waals surface area contributed by atoms with Crippen molar-refractivity contribution in [3.8, 4) is 10.4 Å². The van der Waals surface area contributed by atoms with Crippen LogP contribution in [0, 0.1) is 13.8 Å². The van der Waals surface area contributed by atoms with Gasteiger partial charge in [0.1, 0.15) is 6.54 Å². The van der Waals surface area contributed by atoms with E-state index in [1.54, 1.807) is 22.2 Å². The molecule has 26 heavy (non-hydrogen) atoms. The van der Waals surface area contributed by atoms with Crippen LogP contribution in [0.1, 0.15) is 11.3 Å². The molecule has 0 bridgehead atoms. The van der Waals surface area contributed by atoms with E-state index >= 15 is 0 Å². The Hall–Kier alpha value is -2.99. The molecule has 0 aliphatic carbocycles. The number of pyridine rings is 1. The predicted molar refractivity (Wildman–Crippen MR) is 105 cm³/mol. The number of hydrogen-bond donors (Lipinski definition) is 1. The first-order valence-corrected chi connectivity index (χ1v) is 9.22. The van der Waals surface area contributed by atoms with E-state index in [0.29, 0.717) is 0 Å². The first-order chi connectivity index (χ1) is 12.6. The quantitative estimate of drug-likeness (QED) is 0.585. The lowest BCUT2D eigenvalue weighted by Gasteiger charge is -2.07. The maximum absolute atomic E-state index is 12.5. The first kappa shape index (κ1) is 16.5. The normalized spacial score (nSPS) is 11.0. The number of carbonyl (C=O) groups excluding carboxylic acids is 1. The van der Waals surface area contributed by atoms with Gasteiger partial charge in [0.2, 0.25) is 5.91 Å². The standard InChI is InChI=1S/C20H18N4OS/c1-13-5-3-6-15(11-13)22-18(25)12-24-20-19(14(2)23-24)16(8-9-21-20)17-7-4-10-26-17/h3-11H,12H2,1-2H3,(H,22,25). The topological polar surface area (TPSA) is 59.8 Å². The Morgan fingerprint density at radius 3 is 2.85 bits per heavy atom. The highest BCUT2D eigenvalue weighted by molar-refractivity contribution is 7.13. The van der Waals surface area contributed by atoms with Crippen LogP contribution in [0.5, 0.6) is 0 Å². The molecule has 0 aliphatic heterocycles. The van der Waals surface area contributed by atoms with Gasteiger partial charge in [0.15, 0.2) is 5.65 Å². The van der Waals surface area contributed by atoms with Crippen LogP contribution in [0.2, 0.25) is 0 Å². The number of benzene rings is 1. The van der Waals surface area contributed by atoms with E-state index in [4.69, 9.17) is 0 Å². The van der Waals surface area contributed by atoms with Crippen molar-refractivity contribution in [3.63, 3.8) is 0 Å². The molecule has 4 aromatic rings. The lowest BCUT2D eigenvalue weighted by atomic mass is 10.1. The molecule has 130 valence electrons. The Labute approximate surface area is 155 Å². The van der Waals surface area contributed by atoms with Crippen LogP contribution in [0.3, 0.4) is 0 Å². The van der Waals surface area contributed by atoms with Crippen molar-refractivity contribution in [1.29, 1.82) is 0 Å². The van der Waals surface area contributed by atoms with Gasteiger partial charge in [0, 0.05) is 22.3 Å². The summed E-state index contributed by atoms with van der Waals surface area (Å²) in [5.74, 6) is -0.122. The fourth-order valence-corrected chi connectivity index (χ4v) is 3.85. The number of aromatic nitrogens is 3. The molecule has 4 rings (SSSR count). The molecule has 0 saturated heterocycles. The molecule has 0 radical (unpaired) electrons. The largest absolute Gasteiger partial charge is 0.324 e. The highest BCUT2D eigenvalue weighted by Gasteiger charge is 2.16. The zero-order chi connectivity index (χ0) is 18.1. The van der Waals surface area contributed by atoms with Crippen LogP contribution in [0.15, 0.2) is 54.0 Å². The molecule has 3 aromatic heterocycles. The number of hydrogen-bond acceptors (Lipinski definition) is 4. The molecule has 1 aromatic carbocycles. The summed E-state index contributed by atoms with van der Waals surface area (Å²) >= 11 is 1.68. The van der Waals surface area contributed by atoms with E-state index in [-0.39, 0.29) is 12.5 Å². The van der Waals surface area contributed by atoms with Gasteiger partial charge in [-0.25, -0.2) is 9.67 Å². The number of thiophene rings is 1. The molecule has 0 spiro atoms. The molecule has 1 N–H and O–H groups in total. The second-order valence-electron chi connectivity index (χ2n) is 6.20. The highest BCUT2D eigenvalue weighted by Crippen LogP contribution is 2.32. The summed E-state index contributed by atoms with van der Waals surface area (Å²) in [5.41, 5.74) is 4.60. The zero-order valence-corrected chi connectivity index (χ0v) is 15.4. The van der Waals surface area contributed by atoms with Gasteiger partial charge in [0.25, 0.3) is 0 Å². The third kappa shape index (κ3) is 3.11. The Balaban J connectivity index is 1.65. The number of rotatable bonds is 4. The molecule has 3 heterocycles. The van der Waals surface area contributed by atoms with Crippen LogP contribution in [-0.2, 0) is 11.3 Å². The SMILES string of the molecule is Cc1cccc(NC(=O)Cn2nc(C)c3c(-c4cccs4)ccnc32)c1. The van der Waals surface area contributed by atoms with Gasteiger partial charge in [-0.05, 0) is 49.1 Å². The number of nitrogens with one attached hydrogen (secondary N) is 1. The Kier molecular flexibility index (Phi) is 4.26. The van der Waals surface area contributed by atoms with Crippen molar-refractivity contribution in [2.45, 2.75) is 20.4 Å². The molecule has 0 fully saturated rings. The maximum atomic E-state index is 12.5. The third-order valence-electron chi connectivity index (χ3n) is 4.19. The molecular formula is C20H18N4OS. The number of fused-ring (bicyclic) bond motifs is 1. The van der Waals surface area contributed by atoms with Gasteiger partial charge in [0.05, 0.1) is 11.1 Å². The lowest BCUT2D eigenvalue weighted by molar-refractivity contribution is -0.116. The van der Waals surface area contributed by atoms with Gasteiger partial charge in [-0.2, -0.15) is 5.10 Å². The Morgan fingerprint density at radius 2 is 2.08 bits per heavy atom. The lowest BCUT2D eigenvalue weighted by Crippen LogP contribution is -2.19. The molecule has 0 saturated carbocycles. The summed E-state index contributed by atoms with van der Waals surface area (Å²) in [4.78, 5) is 18.1. The average molecular weight is 362 g/mol. The maximum Gasteiger partial charge on any atom is 0.246 e. The van der Waals surface area contributed by atoms with E-state index in [1.165, 1.54) is 4.88 Å². The van der Waals surface area contributed by atoms with Gasteiger partial charge in [-0.15, -0.1) is 11.3 Å². The second kappa shape index (κ2) is 6.72. The number of aryl methyl sites for hydroxylation is 2. The van der Waals surface area contributed by atoms with E-state index in [1.807, 2.05) is 50.2 Å². The van der Waals surface area contributed by atoms with Crippen molar-refractivity contribution in [2.75, 3.05) is 5.32 Å². The summed E-state index contributed by atoms with van der Waals surface area (Å²) in [6.07, 6.45) is 1.77. The van der Waals surface area contributed by atoms with Crippen molar-refractivity contribution >= 4 is 34.0 Å². The number of amides is 1. The average Bonchev–Trinajstić information content (AvgIpc) is 3.24. The molecule has 6 heteroatoms. The summed E-state index contributed by atoms with van der Waals surface area (Å²) < 4.78 is 1.67. The van der Waals surface area contributed by atoms with Gasteiger partial charge < -0.3 is 5.32 Å². The fourth-order valence-electron chi connectivity index (χ4n) is 3.09. The summed E-state index contributed by atoms with van der Waals surface area (Å²) in [5, 5.41) is 10.5. The molecule has 0 unspecified atom stereocenters. The number of nitrogens with zero attached hydrogens (tertiary/aromatic N) is 3. The minimum absolute atomic E-state index is 0.122. The summed E-state index contributed by atoms with van der Waals surface area (Å²) in [6, 6.07) is 13.9. The van der Waals surface area contributed by atoms with Crippen LogP contribution in [0.4, 0.5) is 5.69 Å². The minimum Gasteiger partial charge on any atom is -0.324 e.